The first kappa shape index (κ1) is 22.0. The minimum absolute atomic E-state index is 0. The fraction of sp³-hybridized carbons (Fsp3) is 0.474. The van der Waals surface area contributed by atoms with E-state index in [1.807, 2.05) is 48.3 Å². The molecule has 2 atom stereocenters. The van der Waals surface area contributed by atoms with Crippen LogP contribution in [0.25, 0.3) is 0 Å². The minimum atomic E-state index is 0. The van der Waals surface area contributed by atoms with Gasteiger partial charge in [-0.1, -0.05) is 23.7 Å². The van der Waals surface area contributed by atoms with Crippen LogP contribution < -0.4 is 5.32 Å². The Hall–Kier alpha value is -1.32. The van der Waals surface area contributed by atoms with Gasteiger partial charge in [0.1, 0.15) is 0 Å². The molecule has 0 bridgehead atoms. The van der Waals surface area contributed by atoms with Crippen molar-refractivity contribution in [1.29, 1.82) is 0 Å². The standard InChI is InChI=1S/C19H26ClN5O.HI/c1-21-19(24(2)13-15-8-11-26-14-15)22-12-18(25-10-3-9-23-25)16-4-6-17(20)7-5-16;/h3-7,9-10,15,18H,8,11-14H2,1-2H3,(H,21,22);1H. The molecule has 3 rings (SSSR count). The number of rotatable bonds is 6. The summed E-state index contributed by atoms with van der Waals surface area (Å²) in [6, 6.07) is 9.90. The molecule has 6 nitrogen and oxygen atoms in total. The predicted octanol–water partition coefficient (Wildman–Crippen LogP) is 3.29. The Bertz CT molecular complexity index is 701. The molecule has 2 heterocycles. The Morgan fingerprint density at radius 1 is 1.44 bits per heavy atom. The van der Waals surface area contributed by atoms with Crippen LogP contribution in [0, 0.1) is 5.92 Å². The van der Waals surface area contributed by atoms with Crippen LogP contribution in [-0.4, -0.2) is 61.0 Å². The number of aliphatic imine (C=N–C) groups is 1. The highest BCUT2D eigenvalue weighted by Crippen LogP contribution is 2.20. The van der Waals surface area contributed by atoms with Gasteiger partial charge in [-0.15, -0.1) is 24.0 Å². The van der Waals surface area contributed by atoms with Crippen LogP contribution in [0.15, 0.2) is 47.7 Å². The number of hydrogen-bond acceptors (Lipinski definition) is 3. The van der Waals surface area contributed by atoms with Crippen LogP contribution in [0.2, 0.25) is 5.02 Å². The van der Waals surface area contributed by atoms with E-state index in [2.05, 4.69) is 27.4 Å². The third-order valence-electron chi connectivity index (χ3n) is 4.68. The highest BCUT2D eigenvalue weighted by atomic mass is 127. The largest absolute Gasteiger partial charge is 0.381 e. The summed E-state index contributed by atoms with van der Waals surface area (Å²) >= 11 is 6.04. The second-order valence-electron chi connectivity index (χ2n) is 6.59. The molecule has 0 spiro atoms. The number of aromatic nitrogens is 2. The molecule has 2 unspecified atom stereocenters. The van der Waals surface area contributed by atoms with Crippen molar-refractivity contribution < 1.29 is 4.74 Å². The lowest BCUT2D eigenvalue weighted by atomic mass is 10.1. The Balaban J connectivity index is 0.00000261. The molecular weight excluding hydrogens is 477 g/mol. The van der Waals surface area contributed by atoms with E-state index in [0.29, 0.717) is 12.5 Å². The summed E-state index contributed by atoms with van der Waals surface area (Å²) in [5, 5.41) is 8.64. The number of guanidine groups is 1. The fourth-order valence-electron chi connectivity index (χ4n) is 3.29. The van der Waals surface area contributed by atoms with Gasteiger partial charge in [-0.2, -0.15) is 5.10 Å². The number of nitrogens with one attached hydrogen (secondary N) is 1. The smallest absolute Gasteiger partial charge is 0.193 e. The van der Waals surface area contributed by atoms with Crippen molar-refractivity contribution in [2.24, 2.45) is 10.9 Å². The average molecular weight is 504 g/mol. The second-order valence-corrected chi connectivity index (χ2v) is 7.03. The Morgan fingerprint density at radius 3 is 2.81 bits per heavy atom. The summed E-state index contributed by atoms with van der Waals surface area (Å²) in [5.74, 6) is 1.44. The molecule has 8 heteroatoms. The van der Waals surface area contributed by atoms with E-state index in [4.69, 9.17) is 16.3 Å². The van der Waals surface area contributed by atoms with E-state index in [1.165, 1.54) is 0 Å². The lowest BCUT2D eigenvalue weighted by Gasteiger charge is -2.26. The summed E-state index contributed by atoms with van der Waals surface area (Å²) < 4.78 is 7.43. The zero-order valence-electron chi connectivity index (χ0n) is 15.7. The first-order valence-corrected chi connectivity index (χ1v) is 9.29. The fourth-order valence-corrected chi connectivity index (χ4v) is 3.41. The number of hydrogen-bond donors (Lipinski definition) is 1. The van der Waals surface area contributed by atoms with Crippen molar-refractivity contribution in [2.45, 2.75) is 12.5 Å². The topological polar surface area (TPSA) is 54.7 Å². The van der Waals surface area contributed by atoms with Crippen molar-refractivity contribution in [3.63, 3.8) is 0 Å². The maximum atomic E-state index is 6.04. The van der Waals surface area contributed by atoms with Crippen molar-refractivity contribution in [2.75, 3.05) is 40.4 Å². The van der Waals surface area contributed by atoms with Crippen molar-refractivity contribution in [1.82, 2.24) is 20.0 Å². The third-order valence-corrected chi connectivity index (χ3v) is 4.93. The number of ether oxygens (including phenoxy) is 1. The maximum Gasteiger partial charge on any atom is 0.193 e. The first-order chi connectivity index (χ1) is 12.7. The van der Waals surface area contributed by atoms with Crippen molar-refractivity contribution in [3.8, 4) is 0 Å². The van der Waals surface area contributed by atoms with Gasteiger partial charge in [0.2, 0.25) is 0 Å². The Labute approximate surface area is 183 Å². The Morgan fingerprint density at radius 2 is 2.22 bits per heavy atom. The molecule has 0 saturated carbocycles. The van der Waals surface area contributed by atoms with E-state index in [9.17, 15) is 0 Å². The normalized spacial score (nSPS) is 18.0. The van der Waals surface area contributed by atoms with Crippen molar-refractivity contribution >= 4 is 41.5 Å². The average Bonchev–Trinajstić information content (AvgIpc) is 3.34. The summed E-state index contributed by atoms with van der Waals surface area (Å²) in [7, 11) is 3.88. The van der Waals surface area contributed by atoms with Crippen LogP contribution in [0.1, 0.15) is 18.0 Å². The van der Waals surface area contributed by atoms with Gasteiger partial charge in [0.25, 0.3) is 0 Å². The molecule has 148 valence electrons. The molecule has 0 radical (unpaired) electrons. The summed E-state index contributed by atoms with van der Waals surface area (Å²) in [6.07, 6.45) is 4.88. The highest BCUT2D eigenvalue weighted by molar-refractivity contribution is 14.0. The van der Waals surface area contributed by atoms with E-state index >= 15 is 0 Å². The molecule has 0 aliphatic carbocycles. The first-order valence-electron chi connectivity index (χ1n) is 8.91. The highest BCUT2D eigenvalue weighted by Gasteiger charge is 2.20. The predicted molar refractivity (Wildman–Crippen MR) is 120 cm³/mol. The van der Waals surface area contributed by atoms with Crippen molar-refractivity contribution in [3.05, 3.63) is 53.3 Å². The monoisotopic (exact) mass is 503 g/mol. The number of halogens is 2. The number of benzene rings is 1. The SMILES string of the molecule is CN=C(NCC(c1ccc(Cl)cc1)n1cccn1)N(C)CC1CCOC1.I. The molecule has 27 heavy (non-hydrogen) atoms. The van der Waals surface area contributed by atoms with E-state index in [0.717, 1.165) is 42.7 Å². The Kier molecular flexibility index (Phi) is 8.85. The van der Waals surface area contributed by atoms with Gasteiger partial charge in [0, 0.05) is 57.1 Å². The van der Waals surface area contributed by atoms with Crippen LogP contribution in [0.4, 0.5) is 0 Å². The van der Waals surface area contributed by atoms with Gasteiger partial charge in [0.05, 0.1) is 12.6 Å². The van der Waals surface area contributed by atoms with Gasteiger partial charge >= 0.3 is 0 Å². The molecule has 1 aliphatic rings. The van der Waals surface area contributed by atoms with Gasteiger partial charge in [0.15, 0.2) is 5.96 Å². The lowest BCUT2D eigenvalue weighted by molar-refractivity contribution is 0.181. The maximum absolute atomic E-state index is 6.04. The summed E-state index contributed by atoms with van der Waals surface area (Å²) in [6.45, 7) is 3.32. The quantitative estimate of drug-likeness (QED) is 0.373. The molecular formula is C19H27ClIN5O. The third kappa shape index (κ3) is 6.08. The number of nitrogens with zero attached hydrogens (tertiary/aromatic N) is 4. The lowest BCUT2D eigenvalue weighted by Crippen LogP contribution is -2.43. The molecule has 1 aliphatic heterocycles. The van der Waals surface area contributed by atoms with Gasteiger partial charge in [-0.05, 0) is 30.2 Å². The van der Waals surface area contributed by atoms with Gasteiger partial charge < -0.3 is 15.0 Å². The molecule has 2 aromatic rings. The molecule has 0 amide bonds. The van der Waals surface area contributed by atoms with E-state index < -0.39 is 0 Å². The summed E-state index contributed by atoms with van der Waals surface area (Å²) in [5.41, 5.74) is 1.15. The second kappa shape index (κ2) is 10.9. The molecule has 1 aromatic heterocycles. The molecule has 1 aromatic carbocycles. The molecule has 1 fully saturated rings. The van der Waals surface area contributed by atoms with Gasteiger partial charge in [-0.3, -0.25) is 9.67 Å². The van der Waals surface area contributed by atoms with E-state index in [-0.39, 0.29) is 30.0 Å². The minimum Gasteiger partial charge on any atom is -0.381 e. The van der Waals surface area contributed by atoms with Gasteiger partial charge in [-0.25, -0.2) is 0 Å². The van der Waals surface area contributed by atoms with Crippen LogP contribution in [0.5, 0.6) is 0 Å². The van der Waals surface area contributed by atoms with E-state index in [1.54, 1.807) is 6.20 Å². The molecule has 1 N–H and O–H groups in total. The zero-order valence-corrected chi connectivity index (χ0v) is 18.8. The summed E-state index contributed by atoms with van der Waals surface area (Å²) in [4.78, 5) is 6.60. The van der Waals surface area contributed by atoms with Crippen LogP contribution in [0.3, 0.4) is 0 Å². The van der Waals surface area contributed by atoms with Crippen LogP contribution in [-0.2, 0) is 4.74 Å². The molecule has 1 saturated heterocycles. The van der Waals surface area contributed by atoms with Crippen LogP contribution >= 0.6 is 35.6 Å². The zero-order chi connectivity index (χ0) is 18.4.